The van der Waals surface area contributed by atoms with Crippen molar-refractivity contribution >= 4 is 50.3 Å². The third-order valence-electron chi connectivity index (χ3n) is 3.67. The molecule has 2 atom stereocenters. The number of halogens is 1. The summed E-state index contributed by atoms with van der Waals surface area (Å²) >= 11 is 6.08. The summed E-state index contributed by atoms with van der Waals surface area (Å²) in [6, 6.07) is 5.41. The third-order valence-corrected chi connectivity index (χ3v) is 6.34. The highest BCUT2D eigenvalue weighted by atomic mass is 79.9. The average Bonchev–Trinajstić information content (AvgIpc) is 3.18. The highest BCUT2D eigenvalue weighted by molar-refractivity contribution is 9.11. The van der Waals surface area contributed by atoms with Crippen molar-refractivity contribution in [2.45, 2.75) is 13.0 Å². The maximum atomic E-state index is 12.5. The molecule has 0 saturated carbocycles. The zero-order chi connectivity index (χ0) is 15.9. The lowest BCUT2D eigenvalue weighted by atomic mass is 9.99. The average molecular weight is 400 g/mol. The van der Waals surface area contributed by atoms with Crippen molar-refractivity contribution in [2.75, 3.05) is 13.1 Å². The Balaban J connectivity index is 1.74. The van der Waals surface area contributed by atoms with Gasteiger partial charge in [-0.3, -0.25) is 9.59 Å². The lowest BCUT2D eigenvalue weighted by Gasteiger charge is -2.14. The van der Waals surface area contributed by atoms with Crippen molar-refractivity contribution < 1.29 is 14.7 Å². The van der Waals surface area contributed by atoms with Gasteiger partial charge in [0.2, 0.25) is 0 Å². The molecule has 2 aromatic heterocycles. The first-order valence-electron chi connectivity index (χ1n) is 6.77. The number of ketones is 1. The van der Waals surface area contributed by atoms with Crippen molar-refractivity contribution in [3.8, 4) is 0 Å². The molecule has 2 unspecified atom stereocenters. The molecule has 1 aliphatic rings. The Morgan fingerprint density at radius 1 is 1.32 bits per heavy atom. The molecule has 0 aliphatic carbocycles. The number of rotatable bonds is 3. The van der Waals surface area contributed by atoms with Gasteiger partial charge in [-0.2, -0.15) is 0 Å². The lowest BCUT2D eigenvalue weighted by molar-refractivity contribution is 0.0761. The number of carbonyl (C=O) groups is 2. The van der Waals surface area contributed by atoms with Crippen LogP contribution in [0.1, 0.15) is 24.9 Å². The zero-order valence-electron chi connectivity index (χ0n) is 11.8. The summed E-state index contributed by atoms with van der Waals surface area (Å²) in [6.07, 6.45) is -0.803. The topological polar surface area (TPSA) is 57.6 Å². The molecular formula is C15H14BrNO3S2. The van der Waals surface area contributed by atoms with E-state index in [0.717, 1.165) is 9.35 Å². The predicted octanol–water partition coefficient (Wildman–Crippen LogP) is 3.20. The Morgan fingerprint density at radius 3 is 2.68 bits per heavy atom. The summed E-state index contributed by atoms with van der Waals surface area (Å²) in [6.45, 7) is 2.41. The SMILES string of the molecule is Cc1csc(C(=O)C2CN(C(=O)c3ccc(Br)s3)CC2O)c1. The van der Waals surface area contributed by atoms with E-state index >= 15 is 0 Å². The Kier molecular flexibility index (Phi) is 4.49. The number of hydrogen-bond donors (Lipinski definition) is 1. The number of carbonyl (C=O) groups excluding carboxylic acids is 2. The minimum atomic E-state index is -0.803. The summed E-state index contributed by atoms with van der Waals surface area (Å²) in [5.74, 6) is -0.744. The van der Waals surface area contributed by atoms with Crippen LogP contribution < -0.4 is 0 Å². The molecule has 4 nitrogen and oxygen atoms in total. The molecule has 1 fully saturated rings. The largest absolute Gasteiger partial charge is 0.390 e. The minimum Gasteiger partial charge on any atom is -0.390 e. The fraction of sp³-hybridized carbons (Fsp3) is 0.333. The maximum absolute atomic E-state index is 12.5. The summed E-state index contributed by atoms with van der Waals surface area (Å²) in [4.78, 5) is 27.7. The minimum absolute atomic E-state index is 0.0757. The molecule has 22 heavy (non-hydrogen) atoms. The first kappa shape index (κ1) is 15.9. The standard InChI is InChI=1S/C15H14BrNO3S2/c1-8-4-12(21-7-8)14(19)9-5-17(6-10(9)18)15(20)11-2-3-13(16)22-11/h2-4,7,9-10,18H,5-6H2,1H3. The number of Topliss-reactive ketones (excluding diaryl/α,β-unsaturated/α-hetero) is 1. The van der Waals surface area contributed by atoms with E-state index in [0.29, 0.717) is 9.75 Å². The van der Waals surface area contributed by atoms with Crippen LogP contribution in [0, 0.1) is 12.8 Å². The van der Waals surface area contributed by atoms with Gasteiger partial charge in [0.15, 0.2) is 5.78 Å². The zero-order valence-corrected chi connectivity index (χ0v) is 15.0. The maximum Gasteiger partial charge on any atom is 0.264 e. The number of nitrogens with zero attached hydrogens (tertiary/aromatic N) is 1. The Bertz CT molecular complexity index is 724. The van der Waals surface area contributed by atoms with Crippen LogP contribution in [0.15, 0.2) is 27.4 Å². The molecule has 7 heteroatoms. The van der Waals surface area contributed by atoms with Gasteiger partial charge >= 0.3 is 0 Å². The Hall–Kier alpha value is -1.02. The summed E-state index contributed by atoms with van der Waals surface area (Å²) < 4.78 is 0.886. The summed E-state index contributed by atoms with van der Waals surface area (Å²) in [7, 11) is 0. The van der Waals surface area contributed by atoms with Gasteiger partial charge in [-0.1, -0.05) is 0 Å². The number of β-amino-alcohol motifs (C(OH)–C–C–N with tert-alkyl or cyclic N) is 1. The van der Waals surface area contributed by atoms with E-state index < -0.39 is 12.0 Å². The van der Waals surface area contributed by atoms with Crippen LogP contribution in [0.25, 0.3) is 0 Å². The molecule has 1 amide bonds. The first-order chi connectivity index (χ1) is 10.5. The van der Waals surface area contributed by atoms with E-state index in [1.807, 2.05) is 24.4 Å². The van der Waals surface area contributed by atoms with Crippen LogP contribution in [0.2, 0.25) is 0 Å². The van der Waals surface area contributed by atoms with Crippen molar-refractivity contribution in [1.82, 2.24) is 4.90 Å². The normalized spacial score (nSPS) is 21.3. The van der Waals surface area contributed by atoms with Crippen LogP contribution >= 0.6 is 38.6 Å². The van der Waals surface area contributed by atoms with E-state index in [1.165, 1.54) is 22.7 Å². The quantitative estimate of drug-likeness (QED) is 0.806. The van der Waals surface area contributed by atoms with Crippen molar-refractivity contribution in [3.63, 3.8) is 0 Å². The van der Waals surface area contributed by atoms with Gasteiger partial charge in [0.05, 0.1) is 25.6 Å². The summed E-state index contributed by atoms with van der Waals surface area (Å²) in [5, 5.41) is 12.1. The predicted molar refractivity (Wildman–Crippen MR) is 90.8 cm³/mol. The van der Waals surface area contributed by atoms with Gasteiger partial charge in [-0.15, -0.1) is 22.7 Å². The summed E-state index contributed by atoms with van der Waals surface area (Å²) in [5.41, 5.74) is 1.04. The van der Waals surface area contributed by atoms with Crippen molar-refractivity contribution in [1.29, 1.82) is 0 Å². The molecule has 0 aromatic carbocycles. The molecule has 3 heterocycles. The van der Waals surface area contributed by atoms with E-state index in [4.69, 9.17) is 0 Å². The van der Waals surface area contributed by atoms with Crippen LogP contribution in [-0.4, -0.2) is 40.9 Å². The molecular weight excluding hydrogens is 386 g/mol. The van der Waals surface area contributed by atoms with Gasteiger partial charge in [0, 0.05) is 13.1 Å². The highest BCUT2D eigenvalue weighted by Gasteiger charge is 2.39. The van der Waals surface area contributed by atoms with Crippen molar-refractivity contribution in [3.05, 3.63) is 42.7 Å². The van der Waals surface area contributed by atoms with Gasteiger partial charge in [0.1, 0.15) is 0 Å². The number of aliphatic hydroxyl groups is 1. The fourth-order valence-electron chi connectivity index (χ4n) is 2.54. The van der Waals surface area contributed by atoms with Crippen molar-refractivity contribution in [2.24, 2.45) is 5.92 Å². The third kappa shape index (κ3) is 3.03. The second kappa shape index (κ2) is 6.23. The van der Waals surface area contributed by atoms with E-state index in [2.05, 4.69) is 15.9 Å². The monoisotopic (exact) mass is 399 g/mol. The van der Waals surface area contributed by atoms with Crippen LogP contribution in [0.4, 0.5) is 0 Å². The van der Waals surface area contributed by atoms with E-state index in [9.17, 15) is 14.7 Å². The first-order valence-corrected chi connectivity index (χ1v) is 9.26. The molecule has 2 aromatic rings. The number of hydrogen-bond acceptors (Lipinski definition) is 5. The second-order valence-corrected chi connectivity index (χ2v) is 8.71. The molecule has 0 spiro atoms. The molecule has 1 N–H and O–H groups in total. The Labute approximate surface area is 144 Å². The molecule has 0 radical (unpaired) electrons. The lowest BCUT2D eigenvalue weighted by Crippen LogP contribution is -2.29. The van der Waals surface area contributed by atoms with Crippen LogP contribution in [0.5, 0.6) is 0 Å². The van der Waals surface area contributed by atoms with Gasteiger partial charge in [-0.25, -0.2) is 0 Å². The second-order valence-electron chi connectivity index (χ2n) is 5.34. The molecule has 116 valence electrons. The number of aliphatic hydroxyl groups excluding tert-OH is 1. The molecule has 1 saturated heterocycles. The molecule has 3 rings (SSSR count). The van der Waals surface area contributed by atoms with Gasteiger partial charge < -0.3 is 10.0 Å². The number of amides is 1. The van der Waals surface area contributed by atoms with E-state index in [-0.39, 0.29) is 24.8 Å². The number of aryl methyl sites for hydroxylation is 1. The number of likely N-dealkylation sites (tertiary alicyclic amines) is 1. The fourth-order valence-corrected chi connectivity index (χ4v) is 4.79. The molecule has 1 aliphatic heterocycles. The number of thiophene rings is 2. The molecule has 0 bridgehead atoms. The van der Waals surface area contributed by atoms with Gasteiger partial charge in [-0.05, 0) is 52.0 Å². The van der Waals surface area contributed by atoms with Crippen LogP contribution in [0.3, 0.4) is 0 Å². The highest BCUT2D eigenvalue weighted by Crippen LogP contribution is 2.28. The van der Waals surface area contributed by atoms with E-state index in [1.54, 1.807) is 11.0 Å². The van der Waals surface area contributed by atoms with Crippen LogP contribution in [-0.2, 0) is 0 Å². The Morgan fingerprint density at radius 2 is 2.09 bits per heavy atom. The van der Waals surface area contributed by atoms with Gasteiger partial charge in [0.25, 0.3) is 5.91 Å². The smallest absolute Gasteiger partial charge is 0.264 e.